The van der Waals surface area contributed by atoms with Gasteiger partial charge in [0.25, 0.3) is 5.91 Å². The van der Waals surface area contributed by atoms with Crippen LogP contribution in [0.15, 0.2) is 18.2 Å². The second kappa shape index (κ2) is 6.99. The lowest BCUT2D eigenvalue weighted by atomic mass is 10.2. The van der Waals surface area contributed by atoms with Gasteiger partial charge in [-0.25, -0.2) is 0 Å². The first-order valence-corrected chi connectivity index (χ1v) is 6.22. The summed E-state index contributed by atoms with van der Waals surface area (Å²) in [5.74, 6) is 0.874. The van der Waals surface area contributed by atoms with E-state index in [9.17, 15) is 9.90 Å². The molecule has 0 aliphatic carbocycles. The first kappa shape index (κ1) is 15.3. The molecule has 1 rings (SSSR count). The van der Waals surface area contributed by atoms with Crippen molar-refractivity contribution in [3.8, 4) is 11.5 Å². The van der Waals surface area contributed by atoms with Gasteiger partial charge in [-0.15, -0.1) is 0 Å². The van der Waals surface area contributed by atoms with Crippen LogP contribution in [0.2, 0.25) is 0 Å². The van der Waals surface area contributed by atoms with Crippen molar-refractivity contribution in [2.24, 2.45) is 0 Å². The van der Waals surface area contributed by atoms with Crippen LogP contribution in [-0.2, 0) is 11.4 Å². The van der Waals surface area contributed by atoms with Crippen LogP contribution in [-0.4, -0.2) is 30.3 Å². The van der Waals surface area contributed by atoms with Crippen molar-refractivity contribution in [1.29, 1.82) is 0 Å². The van der Waals surface area contributed by atoms with Gasteiger partial charge in [0.15, 0.2) is 6.10 Å². The number of methoxy groups -OCH3 is 1. The standard InChI is InChI=1S/C14H21NO4/c1-9(2)15-14(17)10(3)19-13-7-12(18-4)6-5-11(13)8-16/h5-7,9-10,16H,8H2,1-4H3,(H,15,17). The summed E-state index contributed by atoms with van der Waals surface area (Å²) in [6.45, 7) is 5.28. The minimum atomic E-state index is -0.639. The van der Waals surface area contributed by atoms with Gasteiger partial charge in [0.05, 0.1) is 13.7 Å². The predicted octanol–water partition coefficient (Wildman–Crippen LogP) is 1.48. The number of nitrogens with one attached hydrogen (secondary N) is 1. The number of amides is 1. The highest BCUT2D eigenvalue weighted by Crippen LogP contribution is 2.25. The van der Waals surface area contributed by atoms with E-state index in [1.54, 1.807) is 32.2 Å². The molecule has 0 aliphatic rings. The van der Waals surface area contributed by atoms with Crippen LogP contribution < -0.4 is 14.8 Å². The summed E-state index contributed by atoms with van der Waals surface area (Å²) in [6, 6.07) is 5.16. The van der Waals surface area contributed by atoms with Gasteiger partial charge in [-0.1, -0.05) is 0 Å². The molecule has 1 atom stereocenters. The topological polar surface area (TPSA) is 67.8 Å². The summed E-state index contributed by atoms with van der Waals surface area (Å²) in [4.78, 5) is 11.8. The van der Waals surface area contributed by atoms with E-state index >= 15 is 0 Å². The minimum Gasteiger partial charge on any atom is -0.497 e. The van der Waals surface area contributed by atoms with Gasteiger partial charge >= 0.3 is 0 Å². The molecule has 106 valence electrons. The second-order valence-corrected chi connectivity index (χ2v) is 4.56. The Labute approximate surface area is 113 Å². The van der Waals surface area contributed by atoms with Crippen molar-refractivity contribution < 1.29 is 19.4 Å². The van der Waals surface area contributed by atoms with Crippen molar-refractivity contribution in [3.63, 3.8) is 0 Å². The third kappa shape index (κ3) is 4.44. The van der Waals surface area contributed by atoms with Crippen LogP contribution in [0, 0.1) is 0 Å². The van der Waals surface area contributed by atoms with Gasteiger partial charge in [0.1, 0.15) is 11.5 Å². The molecule has 0 saturated carbocycles. The average molecular weight is 267 g/mol. The Kier molecular flexibility index (Phi) is 5.63. The van der Waals surface area contributed by atoms with Crippen molar-refractivity contribution in [1.82, 2.24) is 5.32 Å². The third-order valence-electron chi connectivity index (χ3n) is 2.55. The highest BCUT2D eigenvalue weighted by Gasteiger charge is 2.17. The SMILES string of the molecule is COc1ccc(CO)c(OC(C)C(=O)NC(C)C)c1. The van der Waals surface area contributed by atoms with E-state index in [4.69, 9.17) is 9.47 Å². The molecule has 5 heteroatoms. The molecule has 2 N–H and O–H groups in total. The largest absolute Gasteiger partial charge is 0.497 e. The normalized spacial score (nSPS) is 12.1. The number of rotatable bonds is 6. The molecule has 1 aromatic carbocycles. The fraction of sp³-hybridized carbons (Fsp3) is 0.500. The molecular formula is C14H21NO4. The first-order valence-electron chi connectivity index (χ1n) is 6.22. The number of carbonyl (C=O) groups is 1. The quantitative estimate of drug-likeness (QED) is 0.819. The molecule has 0 aliphatic heterocycles. The minimum absolute atomic E-state index is 0.0566. The zero-order valence-corrected chi connectivity index (χ0v) is 11.8. The smallest absolute Gasteiger partial charge is 0.260 e. The molecule has 5 nitrogen and oxygen atoms in total. The van der Waals surface area contributed by atoms with Crippen LogP contribution in [0.4, 0.5) is 0 Å². The van der Waals surface area contributed by atoms with Gasteiger partial charge in [-0.05, 0) is 32.9 Å². The van der Waals surface area contributed by atoms with Crippen molar-refractivity contribution in [3.05, 3.63) is 23.8 Å². The number of aliphatic hydroxyl groups excluding tert-OH is 1. The third-order valence-corrected chi connectivity index (χ3v) is 2.55. The Balaban J connectivity index is 2.82. The van der Waals surface area contributed by atoms with Crippen molar-refractivity contribution in [2.75, 3.05) is 7.11 Å². The zero-order chi connectivity index (χ0) is 14.4. The summed E-state index contributed by atoms with van der Waals surface area (Å²) in [7, 11) is 1.55. The van der Waals surface area contributed by atoms with Gasteiger partial charge in [-0.2, -0.15) is 0 Å². The second-order valence-electron chi connectivity index (χ2n) is 4.56. The molecule has 0 radical (unpaired) electrons. The highest BCUT2D eigenvalue weighted by molar-refractivity contribution is 5.81. The monoisotopic (exact) mass is 267 g/mol. The molecule has 0 aromatic heterocycles. The predicted molar refractivity (Wildman–Crippen MR) is 72.3 cm³/mol. The molecule has 19 heavy (non-hydrogen) atoms. The van der Waals surface area contributed by atoms with E-state index in [-0.39, 0.29) is 18.6 Å². The number of ether oxygens (including phenoxy) is 2. The van der Waals surface area contributed by atoms with Crippen LogP contribution in [0.5, 0.6) is 11.5 Å². The lowest BCUT2D eigenvalue weighted by Crippen LogP contribution is -2.40. The van der Waals surface area contributed by atoms with E-state index in [0.29, 0.717) is 17.1 Å². The Morgan fingerprint density at radius 2 is 2.05 bits per heavy atom. The summed E-state index contributed by atoms with van der Waals surface area (Å²) >= 11 is 0. The molecule has 0 saturated heterocycles. The fourth-order valence-corrected chi connectivity index (χ4v) is 1.55. The molecule has 0 bridgehead atoms. The van der Waals surface area contributed by atoms with Crippen LogP contribution in [0.3, 0.4) is 0 Å². The summed E-state index contributed by atoms with van der Waals surface area (Å²) in [5, 5.41) is 12.0. The average Bonchev–Trinajstić information content (AvgIpc) is 2.37. The maximum atomic E-state index is 11.8. The number of aliphatic hydroxyl groups is 1. The Morgan fingerprint density at radius 1 is 1.37 bits per heavy atom. The highest BCUT2D eigenvalue weighted by atomic mass is 16.5. The van der Waals surface area contributed by atoms with Gasteiger partial charge in [0, 0.05) is 17.7 Å². The Bertz CT molecular complexity index is 431. The number of carbonyl (C=O) groups excluding carboxylic acids is 1. The van der Waals surface area contributed by atoms with E-state index < -0.39 is 6.10 Å². The molecule has 0 spiro atoms. The van der Waals surface area contributed by atoms with Gasteiger partial charge in [0.2, 0.25) is 0 Å². The molecular weight excluding hydrogens is 246 g/mol. The Morgan fingerprint density at radius 3 is 2.58 bits per heavy atom. The van der Waals surface area contributed by atoms with Crippen LogP contribution in [0.25, 0.3) is 0 Å². The summed E-state index contributed by atoms with van der Waals surface area (Å²) in [5.41, 5.74) is 0.616. The van der Waals surface area contributed by atoms with Crippen molar-refractivity contribution in [2.45, 2.75) is 39.5 Å². The maximum Gasteiger partial charge on any atom is 0.260 e. The molecule has 0 heterocycles. The van der Waals surface area contributed by atoms with Gasteiger partial charge in [-0.3, -0.25) is 4.79 Å². The Hall–Kier alpha value is -1.75. The lowest BCUT2D eigenvalue weighted by Gasteiger charge is -2.18. The fourth-order valence-electron chi connectivity index (χ4n) is 1.55. The van der Waals surface area contributed by atoms with E-state index in [2.05, 4.69) is 5.32 Å². The molecule has 1 aromatic rings. The summed E-state index contributed by atoms with van der Waals surface area (Å²) in [6.07, 6.45) is -0.639. The maximum absolute atomic E-state index is 11.8. The number of benzene rings is 1. The molecule has 0 fully saturated rings. The number of hydrogen-bond acceptors (Lipinski definition) is 4. The van der Waals surface area contributed by atoms with Crippen LogP contribution in [0.1, 0.15) is 26.3 Å². The molecule has 1 unspecified atom stereocenters. The van der Waals surface area contributed by atoms with Crippen molar-refractivity contribution >= 4 is 5.91 Å². The van der Waals surface area contributed by atoms with Crippen LogP contribution >= 0.6 is 0 Å². The first-order chi connectivity index (χ1) is 8.97. The molecule has 1 amide bonds. The number of hydrogen-bond donors (Lipinski definition) is 2. The van der Waals surface area contributed by atoms with E-state index in [1.165, 1.54) is 0 Å². The van der Waals surface area contributed by atoms with E-state index in [0.717, 1.165) is 0 Å². The van der Waals surface area contributed by atoms with E-state index in [1.807, 2.05) is 13.8 Å². The van der Waals surface area contributed by atoms with Gasteiger partial charge < -0.3 is 19.9 Å². The lowest BCUT2D eigenvalue weighted by molar-refractivity contribution is -0.127. The summed E-state index contributed by atoms with van der Waals surface area (Å²) < 4.78 is 10.7. The zero-order valence-electron chi connectivity index (χ0n) is 11.8.